The highest BCUT2D eigenvalue weighted by molar-refractivity contribution is 5.77. The van der Waals surface area contributed by atoms with Gasteiger partial charge in [-0.15, -0.1) is 0 Å². The van der Waals surface area contributed by atoms with Gasteiger partial charge in [0, 0.05) is 30.3 Å². The first-order valence-electron chi connectivity index (χ1n) is 6.83. The molecule has 1 aromatic heterocycles. The zero-order chi connectivity index (χ0) is 15.2. The summed E-state index contributed by atoms with van der Waals surface area (Å²) in [4.78, 5) is 20.1. The van der Waals surface area contributed by atoms with Crippen LogP contribution >= 0.6 is 0 Å². The summed E-state index contributed by atoms with van der Waals surface area (Å²) in [5.74, 6) is 1.03. The molecule has 0 aromatic carbocycles. The summed E-state index contributed by atoms with van der Waals surface area (Å²) in [5, 5.41) is 5.94. The summed E-state index contributed by atoms with van der Waals surface area (Å²) in [5.41, 5.74) is 0.615. The zero-order valence-electron chi connectivity index (χ0n) is 12.9. The molecule has 0 saturated heterocycles. The van der Waals surface area contributed by atoms with E-state index in [-0.39, 0.29) is 11.4 Å². The number of rotatable bonds is 6. The zero-order valence-corrected chi connectivity index (χ0v) is 12.9. The number of hydrogen-bond donors (Lipinski definition) is 2. The van der Waals surface area contributed by atoms with E-state index in [0.29, 0.717) is 31.4 Å². The summed E-state index contributed by atoms with van der Waals surface area (Å²) in [6.07, 6.45) is 0.374. The lowest BCUT2D eigenvalue weighted by atomic mass is 10.1. The van der Waals surface area contributed by atoms with Crippen LogP contribution in [0.25, 0.3) is 0 Å². The van der Waals surface area contributed by atoms with E-state index in [1.807, 2.05) is 34.6 Å². The molecular weight excluding hydrogens is 256 g/mol. The number of carbonyl (C=O) groups is 1. The van der Waals surface area contributed by atoms with Crippen LogP contribution in [-0.2, 0) is 4.79 Å². The van der Waals surface area contributed by atoms with Crippen molar-refractivity contribution in [1.82, 2.24) is 15.3 Å². The number of anilines is 1. The Morgan fingerprint density at radius 3 is 2.65 bits per heavy atom. The molecule has 1 rings (SSSR count). The lowest BCUT2D eigenvalue weighted by Gasteiger charge is -2.20. The van der Waals surface area contributed by atoms with E-state index >= 15 is 0 Å². The smallest absolute Gasteiger partial charge is 0.226 e. The number of amides is 1. The molecule has 0 bridgehead atoms. The minimum absolute atomic E-state index is 0.00249. The molecule has 1 heterocycles. The molecule has 112 valence electrons. The predicted molar refractivity (Wildman–Crippen MR) is 78.9 cm³/mol. The summed E-state index contributed by atoms with van der Waals surface area (Å²) in [6, 6.07) is 1.78. The van der Waals surface area contributed by atoms with E-state index in [1.165, 1.54) is 0 Å². The number of carbonyl (C=O) groups excluding carboxylic acids is 1. The van der Waals surface area contributed by atoms with Gasteiger partial charge < -0.3 is 15.4 Å². The minimum atomic E-state index is -0.209. The summed E-state index contributed by atoms with van der Waals surface area (Å²) in [7, 11) is 0. The van der Waals surface area contributed by atoms with Crippen LogP contribution in [0.2, 0.25) is 0 Å². The molecule has 0 saturated carbocycles. The Morgan fingerprint density at radius 1 is 1.35 bits per heavy atom. The topological polar surface area (TPSA) is 76.1 Å². The van der Waals surface area contributed by atoms with Crippen LogP contribution in [0, 0.1) is 6.92 Å². The van der Waals surface area contributed by atoms with Gasteiger partial charge in [-0.3, -0.25) is 4.79 Å². The maximum atomic E-state index is 11.7. The quantitative estimate of drug-likeness (QED) is 0.832. The second kappa shape index (κ2) is 7.07. The molecule has 0 aliphatic heterocycles. The Labute approximate surface area is 120 Å². The second-order valence-corrected chi connectivity index (χ2v) is 5.58. The van der Waals surface area contributed by atoms with Crippen molar-refractivity contribution in [3.63, 3.8) is 0 Å². The Hall–Kier alpha value is -1.85. The lowest BCUT2D eigenvalue weighted by molar-refractivity contribution is -0.122. The van der Waals surface area contributed by atoms with E-state index in [2.05, 4.69) is 20.6 Å². The van der Waals surface area contributed by atoms with Crippen LogP contribution in [0.4, 0.5) is 5.95 Å². The minimum Gasteiger partial charge on any atom is -0.478 e. The largest absolute Gasteiger partial charge is 0.478 e. The van der Waals surface area contributed by atoms with Crippen molar-refractivity contribution < 1.29 is 9.53 Å². The standard InChI is InChI=1S/C14H24N4O2/c1-6-20-12-9-10(2)16-13(17-12)15-8-7-11(19)18-14(3,4)5/h9H,6-8H2,1-5H3,(H,18,19)(H,15,16,17). The third-order valence-electron chi connectivity index (χ3n) is 2.27. The van der Waals surface area contributed by atoms with Gasteiger partial charge in [0.05, 0.1) is 6.61 Å². The van der Waals surface area contributed by atoms with Crippen LogP contribution in [0.3, 0.4) is 0 Å². The number of aryl methyl sites for hydroxylation is 1. The van der Waals surface area contributed by atoms with Gasteiger partial charge in [-0.25, -0.2) is 4.98 Å². The van der Waals surface area contributed by atoms with Crippen LogP contribution in [0.5, 0.6) is 5.88 Å². The lowest BCUT2D eigenvalue weighted by Crippen LogP contribution is -2.41. The van der Waals surface area contributed by atoms with E-state index < -0.39 is 0 Å². The van der Waals surface area contributed by atoms with Gasteiger partial charge in [0.2, 0.25) is 17.7 Å². The molecule has 0 spiro atoms. The fourth-order valence-electron chi connectivity index (χ4n) is 1.61. The highest BCUT2D eigenvalue weighted by Gasteiger charge is 2.13. The first kappa shape index (κ1) is 16.2. The van der Waals surface area contributed by atoms with Crippen molar-refractivity contribution in [3.8, 4) is 5.88 Å². The SMILES string of the molecule is CCOc1cc(C)nc(NCCC(=O)NC(C)(C)C)n1. The molecule has 0 fully saturated rings. The molecule has 0 unspecified atom stereocenters. The summed E-state index contributed by atoms with van der Waals surface area (Å²) < 4.78 is 5.35. The number of hydrogen-bond acceptors (Lipinski definition) is 5. The van der Waals surface area contributed by atoms with E-state index in [0.717, 1.165) is 5.69 Å². The maximum Gasteiger partial charge on any atom is 0.226 e. The maximum absolute atomic E-state index is 11.7. The Bertz CT molecular complexity index is 455. The van der Waals surface area contributed by atoms with Crippen molar-refractivity contribution in [2.75, 3.05) is 18.5 Å². The number of aromatic nitrogens is 2. The van der Waals surface area contributed by atoms with E-state index in [1.54, 1.807) is 6.07 Å². The van der Waals surface area contributed by atoms with Crippen LogP contribution in [0.1, 0.15) is 39.8 Å². The Balaban J connectivity index is 2.47. The molecule has 0 radical (unpaired) electrons. The van der Waals surface area contributed by atoms with Gasteiger partial charge in [0.25, 0.3) is 0 Å². The van der Waals surface area contributed by atoms with Crippen LogP contribution in [-0.4, -0.2) is 34.6 Å². The highest BCUT2D eigenvalue weighted by Crippen LogP contribution is 2.11. The van der Waals surface area contributed by atoms with Crippen molar-refractivity contribution >= 4 is 11.9 Å². The fraction of sp³-hybridized carbons (Fsp3) is 0.643. The van der Waals surface area contributed by atoms with Gasteiger partial charge >= 0.3 is 0 Å². The molecule has 20 heavy (non-hydrogen) atoms. The first-order valence-corrected chi connectivity index (χ1v) is 6.83. The first-order chi connectivity index (χ1) is 9.30. The Kier molecular flexibility index (Phi) is 5.73. The molecule has 1 amide bonds. The normalized spacial score (nSPS) is 11.1. The van der Waals surface area contributed by atoms with Crippen LogP contribution < -0.4 is 15.4 Å². The number of ether oxygens (including phenoxy) is 1. The highest BCUT2D eigenvalue weighted by atomic mass is 16.5. The van der Waals surface area contributed by atoms with Gasteiger partial charge in [-0.2, -0.15) is 4.98 Å². The molecule has 1 aromatic rings. The van der Waals surface area contributed by atoms with Crippen molar-refractivity contribution in [2.24, 2.45) is 0 Å². The van der Waals surface area contributed by atoms with Gasteiger partial charge in [-0.1, -0.05) is 0 Å². The average molecular weight is 280 g/mol. The summed E-state index contributed by atoms with van der Waals surface area (Å²) in [6.45, 7) is 10.7. The average Bonchev–Trinajstić information content (AvgIpc) is 2.26. The van der Waals surface area contributed by atoms with Crippen LogP contribution in [0.15, 0.2) is 6.07 Å². The Morgan fingerprint density at radius 2 is 2.05 bits per heavy atom. The third-order valence-corrected chi connectivity index (χ3v) is 2.27. The monoisotopic (exact) mass is 280 g/mol. The second-order valence-electron chi connectivity index (χ2n) is 5.58. The summed E-state index contributed by atoms with van der Waals surface area (Å²) >= 11 is 0. The molecular formula is C14H24N4O2. The molecule has 0 atom stereocenters. The van der Waals surface area contributed by atoms with E-state index in [4.69, 9.17) is 4.74 Å². The fourth-order valence-corrected chi connectivity index (χ4v) is 1.61. The molecule has 0 aliphatic rings. The van der Waals surface area contributed by atoms with Crippen molar-refractivity contribution in [3.05, 3.63) is 11.8 Å². The van der Waals surface area contributed by atoms with Gasteiger partial charge in [0.15, 0.2) is 0 Å². The molecule has 6 nitrogen and oxygen atoms in total. The number of nitrogens with one attached hydrogen (secondary N) is 2. The molecule has 0 aliphatic carbocycles. The molecule has 6 heteroatoms. The predicted octanol–water partition coefficient (Wildman–Crippen LogP) is 1.90. The van der Waals surface area contributed by atoms with E-state index in [9.17, 15) is 4.79 Å². The van der Waals surface area contributed by atoms with Gasteiger partial charge in [0.1, 0.15) is 0 Å². The van der Waals surface area contributed by atoms with Gasteiger partial charge in [-0.05, 0) is 34.6 Å². The molecule has 2 N–H and O–H groups in total. The number of nitrogens with zero attached hydrogens (tertiary/aromatic N) is 2. The van der Waals surface area contributed by atoms with Crippen molar-refractivity contribution in [2.45, 2.75) is 46.6 Å². The van der Waals surface area contributed by atoms with Crippen molar-refractivity contribution in [1.29, 1.82) is 0 Å². The third kappa shape index (κ3) is 6.36.